The first-order valence-corrected chi connectivity index (χ1v) is 7.91. The van der Waals surface area contributed by atoms with Crippen molar-refractivity contribution >= 4 is 17.2 Å². The van der Waals surface area contributed by atoms with Crippen molar-refractivity contribution in [2.45, 2.75) is 26.0 Å². The Hall–Kier alpha value is -1.72. The van der Waals surface area contributed by atoms with Gasteiger partial charge in [-0.3, -0.25) is 4.79 Å². The summed E-state index contributed by atoms with van der Waals surface area (Å²) in [5.74, 6) is 0.152. The third-order valence-electron chi connectivity index (χ3n) is 3.68. The molecule has 0 radical (unpaired) electrons. The Kier molecular flexibility index (Phi) is 4.31. The number of nitrogens with zero attached hydrogens (tertiary/aromatic N) is 2. The van der Waals surface area contributed by atoms with E-state index in [1.807, 2.05) is 16.3 Å². The van der Waals surface area contributed by atoms with Crippen LogP contribution in [0, 0.1) is 0 Å². The Balaban J connectivity index is 1.63. The molecule has 4 nitrogen and oxygen atoms in total. The zero-order valence-corrected chi connectivity index (χ0v) is 12.9. The van der Waals surface area contributed by atoms with Gasteiger partial charge in [-0.15, -0.1) is 11.3 Å². The van der Waals surface area contributed by atoms with E-state index in [-0.39, 0.29) is 5.91 Å². The lowest BCUT2D eigenvalue weighted by Gasteiger charge is -2.28. The fourth-order valence-corrected chi connectivity index (χ4v) is 3.36. The van der Waals surface area contributed by atoms with E-state index in [4.69, 9.17) is 4.74 Å². The zero-order valence-electron chi connectivity index (χ0n) is 12.0. The molecule has 0 fully saturated rings. The molecule has 1 aliphatic rings. The second-order valence-corrected chi connectivity index (χ2v) is 6.12. The topological polar surface area (TPSA) is 42.4 Å². The van der Waals surface area contributed by atoms with E-state index in [0.29, 0.717) is 19.6 Å². The number of fused-ring (bicyclic) bond motifs is 1. The summed E-state index contributed by atoms with van der Waals surface area (Å²) in [5, 5.41) is 2.87. The second kappa shape index (κ2) is 6.37. The molecule has 3 rings (SSSR count). The van der Waals surface area contributed by atoms with Crippen LogP contribution >= 0.6 is 11.3 Å². The first-order chi connectivity index (χ1) is 10.3. The van der Waals surface area contributed by atoms with Gasteiger partial charge in [0.2, 0.25) is 5.91 Å². The minimum absolute atomic E-state index is 0.152. The smallest absolute Gasteiger partial charge is 0.228 e. The molecule has 0 unspecified atom stereocenters. The highest BCUT2D eigenvalue weighted by Crippen LogP contribution is 2.19. The van der Waals surface area contributed by atoms with Crippen LogP contribution in [0.2, 0.25) is 0 Å². The number of ether oxygens (including phenoxy) is 1. The van der Waals surface area contributed by atoms with Crippen molar-refractivity contribution < 1.29 is 9.53 Å². The summed E-state index contributed by atoms with van der Waals surface area (Å²) in [5.41, 5.74) is 3.46. The maximum absolute atomic E-state index is 12.4. The monoisotopic (exact) mass is 302 g/mol. The molecule has 0 aliphatic carbocycles. The van der Waals surface area contributed by atoms with Gasteiger partial charge >= 0.3 is 0 Å². The number of amides is 1. The summed E-state index contributed by atoms with van der Waals surface area (Å²) in [6.45, 7) is 2.02. The Bertz CT molecular complexity index is 639. The molecule has 0 N–H and O–H groups in total. The van der Waals surface area contributed by atoms with Gasteiger partial charge in [0.1, 0.15) is 5.01 Å². The van der Waals surface area contributed by atoms with Crippen molar-refractivity contribution in [1.82, 2.24) is 9.88 Å². The largest absolute Gasteiger partial charge is 0.378 e. The molecule has 21 heavy (non-hydrogen) atoms. The Morgan fingerprint density at radius 3 is 3.00 bits per heavy atom. The summed E-state index contributed by atoms with van der Waals surface area (Å²) in [7, 11) is 1.65. The van der Waals surface area contributed by atoms with Crippen LogP contribution in [0.1, 0.15) is 21.8 Å². The molecule has 0 spiro atoms. The first-order valence-electron chi connectivity index (χ1n) is 7.03. The normalized spacial score (nSPS) is 14.0. The number of methoxy groups -OCH3 is 1. The summed E-state index contributed by atoms with van der Waals surface area (Å²) in [6, 6.07) is 8.34. The number of aromatic nitrogens is 1. The molecular weight excluding hydrogens is 284 g/mol. The van der Waals surface area contributed by atoms with Crippen LogP contribution in [0.5, 0.6) is 0 Å². The van der Waals surface area contributed by atoms with E-state index in [9.17, 15) is 4.79 Å². The highest BCUT2D eigenvalue weighted by atomic mass is 32.1. The van der Waals surface area contributed by atoms with E-state index in [2.05, 4.69) is 23.2 Å². The summed E-state index contributed by atoms with van der Waals surface area (Å²) in [4.78, 5) is 18.8. The number of hydrogen-bond donors (Lipinski definition) is 0. The van der Waals surface area contributed by atoms with Gasteiger partial charge < -0.3 is 9.64 Å². The lowest BCUT2D eigenvalue weighted by Crippen LogP contribution is -2.36. The van der Waals surface area contributed by atoms with Gasteiger partial charge in [-0.25, -0.2) is 4.98 Å². The fourth-order valence-electron chi connectivity index (χ4n) is 2.60. The van der Waals surface area contributed by atoms with Crippen molar-refractivity contribution in [3.05, 3.63) is 51.5 Å². The molecule has 0 saturated carbocycles. The first kappa shape index (κ1) is 14.2. The van der Waals surface area contributed by atoms with E-state index >= 15 is 0 Å². The highest BCUT2D eigenvalue weighted by Gasteiger charge is 2.21. The van der Waals surface area contributed by atoms with Crippen molar-refractivity contribution in [1.29, 1.82) is 0 Å². The number of carbonyl (C=O) groups is 1. The van der Waals surface area contributed by atoms with Crippen LogP contribution in [0.25, 0.3) is 0 Å². The van der Waals surface area contributed by atoms with E-state index in [0.717, 1.165) is 23.7 Å². The van der Waals surface area contributed by atoms with Gasteiger partial charge in [0.05, 0.1) is 18.7 Å². The maximum atomic E-state index is 12.4. The van der Waals surface area contributed by atoms with E-state index < -0.39 is 0 Å². The SMILES string of the molecule is COCc1nc(CC(=O)N2CCc3ccccc3C2)cs1. The molecular formula is C16H18N2O2S. The molecule has 110 valence electrons. The van der Waals surface area contributed by atoms with Crippen molar-refractivity contribution in [2.24, 2.45) is 0 Å². The highest BCUT2D eigenvalue weighted by molar-refractivity contribution is 7.09. The van der Waals surface area contributed by atoms with Crippen LogP contribution in [0.15, 0.2) is 29.6 Å². The van der Waals surface area contributed by atoms with Gasteiger partial charge in [-0.2, -0.15) is 0 Å². The number of rotatable bonds is 4. The van der Waals surface area contributed by atoms with Gasteiger partial charge in [0.25, 0.3) is 0 Å². The molecule has 1 aromatic heterocycles. The standard InChI is InChI=1S/C16H18N2O2S/c1-20-10-15-17-14(11-21-15)8-16(19)18-7-6-12-4-2-3-5-13(12)9-18/h2-5,11H,6-10H2,1H3. The summed E-state index contributed by atoms with van der Waals surface area (Å²) < 4.78 is 5.05. The molecule has 5 heteroatoms. The van der Waals surface area contributed by atoms with Gasteiger partial charge in [-0.1, -0.05) is 24.3 Å². The zero-order chi connectivity index (χ0) is 14.7. The summed E-state index contributed by atoms with van der Waals surface area (Å²) in [6.07, 6.45) is 1.32. The van der Waals surface area contributed by atoms with E-state index in [1.165, 1.54) is 11.1 Å². The average molecular weight is 302 g/mol. The number of thiazole rings is 1. The third-order valence-corrected chi connectivity index (χ3v) is 4.55. The summed E-state index contributed by atoms with van der Waals surface area (Å²) >= 11 is 1.54. The predicted molar refractivity (Wildman–Crippen MR) is 82.1 cm³/mol. The van der Waals surface area contributed by atoms with Gasteiger partial charge in [-0.05, 0) is 17.5 Å². The lowest BCUT2D eigenvalue weighted by molar-refractivity contribution is -0.131. The molecule has 1 aliphatic heterocycles. The van der Waals surface area contributed by atoms with Crippen molar-refractivity contribution in [3.63, 3.8) is 0 Å². The molecule has 0 atom stereocenters. The number of carbonyl (C=O) groups excluding carboxylic acids is 1. The minimum Gasteiger partial charge on any atom is -0.378 e. The lowest BCUT2D eigenvalue weighted by atomic mass is 10.00. The third kappa shape index (κ3) is 3.31. The van der Waals surface area contributed by atoms with Crippen LogP contribution in [-0.2, 0) is 35.5 Å². The van der Waals surface area contributed by atoms with Crippen LogP contribution in [-0.4, -0.2) is 29.4 Å². The molecule has 2 aromatic rings. The van der Waals surface area contributed by atoms with Crippen LogP contribution in [0.4, 0.5) is 0 Å². The quantitative estimate of drug-likeness (QED) is 0.871. The average Bonchev–Trinajstić information content (AvgIpc) is 2.94. The van der Waals surface area contributed by atoms with Crippen molar-refractivity contribution in [2.75, 3.05) is 13.7 Å². The fraction of sp³-hybridized carbons (Fsp3) is 0.375. The predicted octanol–water partition coefficient (Wildman–Crippen LogP) is 2.42. The Morgan fingerprint density at radius 2 is 2.19 bits per heavy atom. The molecule has 1 amide bonds. The molecule has 1 aromatic carbocycles. The number of hydrogen-bond acceptors (Lipinski definition) is 4. The van der Waals surface area contributed by atoms with Gasteiger partial charge in [0.15, 0.2) is 0 Å². The molecule has 0 saturated heterocycles. The molecule has 2 heterocycles. The van der Waals surface area contributed by atoms with Crippen LogP contribution in [0.3, 0.4) is 0 Å². The van der Waals surface area contributed by atoms with Crippen LogP contribution < -0.4 is 0 Å². The number of benzene rings is 1. The van der Waals surface area contributed by atoms with E-state index in [1.54, 1.807) is 18.4 Å². The minimum atomic E-state index is 0.152. The Labute approximate surface area is 128 Å². The molecule has 0 bridgehead atoms. The maximum Gasteiger partial charge on any atom is 0.228 e. The van der Waals surface area contributed by atoms with Crippen molar-refractivity contribution in [3.8, 4) is 0 Å². The Morgan fingerprint density at radius 1 is 1.38 bits per heavy atom. The van der Waals surface area contributed by atoms with Gasteiger partial charge in [0, 0.05) is 25.6 Å². The second-order valence-electron chi connectivity index (χ2n) is 5.18.